The van der Waals surface area contributed by atoms with Crippen molar-refractivity contribution in [2.75, 3.05) is 18.4 Å². The minimum atomic E-state index is -0.794. The number of unbranched alkanes of at least 4 members (excludes halogenated alkanes) is 3. The third-order valence-electron chi connectivity index (χ3n) is 6.12. The van der Waals surface area contributed by atoms with Crippen molar-refractivity contribution in [3.63, 3.8) is 0 Å². The van der Waals surface area contributed by atoms with Gasteiger partial charge in [0.25, 0.3) is 11.5 Å². The van der Waals surface area contributed by atoms with Crippen LogP contribution in [0.5, 0.6) is 0 Å². The summed E-state index contributed by atoms with van der Waals surface area (Å²) in [7, 11) is 0. The van der Waals surface area contributed by atoms with Crippen LogP contribution >= 0.6 is 24.0 Å². The predicted octanol–water partition coefficient (Wildman–Crippen LogP) is 4.93. The molecule has 7 nitrogen and oxygen atoms in total. The fraction of sp³-hybridized carbons (Fsp3) is 0.333. The Bertz CT molecular complexity index is 1350. The summed E-state index contributed by atoms with van der Waals surface area (Å²) in [5.41, 5.74) is 2.06. The third-order valence-corrected chi connectivity index (χ3v) is 7.49. The summed E-state index contributed by atoms with van der Waals surface area (Å²) in [5, 5.41) is 13.8. The topological polar surface area (TPSA) is 86.9 Å². The standard InChI is InChI=1S/C27H30N4O3S2/c1-3-4-5-9-14-31-26(34)22(36-27(31)35)16-20-23(28-17-21(32)19-12-7-6-8-13-19)29-24-18(2)11-10-15-30(24)25(20)33/h6-8,10-13,15-16,21,28,32H,3-5,9,14,17H2,1-2H3/b22-16-. The van der Waals surface area contributed by atoms with Crippen LogP contribution in [-0.4, -0.2) is 42.7 Å². The summed E-state index contributed by atoms with van der Waals surface area (Å²) in [4.78, 5) is 33.4. The van der Waals surface area contributed by atoms with Gasteiger partial charge in [0.05, 0.1) is 16.6 Å². The molecule has 0 bridgehead atoms. The number of thiocarbonyl (C=S) groups is 1. The molecule has 1 atom stereocenters. The number of aliphatic hydroxyl groups excluding tert-OH is 1. The number of aromatic nitrogens is 2. The number of pyridine rings is 1. The molecule has 0 aliphatic carbocycles. The fourth-order valence-corrected chi connectivity index (χ4v) is 5.37. The van der Waals surface area contributed by atoms with Crippen LogP contribution in [0.25, 0.3) is 11.7 Å². The smallest absolute Gasteiger partial charge is 0.267 e. The molecule has 4 rings (SSSR count). The zero-order valence-corrected chi connectivity index (χ0v) is 22.1. The van der Waals surface area contributed by atoms with Gasteiger partial charge in [0.2, 0.25) is 0 Å². The molecule has 2 N–H and O–H groups in total. The molecule has 188 valence electrons. The van der Waals surface area contributed by atoms with Gasteiger partial charge in [-0.15, -0.1) is 0 Å². The monoisotopic (exact) mass is 522 g/mol. The number of carbonyl (C=O) groups excluding carboxylic acids is 1. The Labute approximate surface area is 220 Å². The first-order valence-electron chi connectivity index (χ1n) is 12.1. The van der Waals surface area contributed by atoms with Gasteiger partial charge < -0.3 is 10.4 Å². The number of hydrogen-bond donors (Lipinski definition) is 2. The number of nitrogens with one attached hydrogen (secondary N) is 1. The van der Waals surface area contributed by atoms with Crippen molar-refractivity contribution in [1.29, 1.82) is 0 Å². The fourth-order valence-electron chi connectivity index (χ4n) is 4.08. The van der Waals surface area contributed by atoms with E-state index in [9.17, 15) is 14.7 Å². The van der Waals surface area contributed by atoms with E-state index in [0.29, 0.717) is 27.2 Å². The van der Waals surface area contributed by atoms with E-state index in [0.717, 1.165) is 36.8 Å². The molecule has 1 saturated heterocycles. The molecule has 9 heteroatoms. The molecule has 1 aromatic carbocycles. The van der Waals surface area contributed by atoms with Crippen molar-refractivity contribution in [3.05, 3.63) is 80.6 Å². The van der Waals surface area contributed by atoms with Crippen LogP contribution in [0.2, 0.25) is 0 Å². The SMILES string of the molecule is CCCCCCN1C(=O)/C(=C/c2c(NCC(O)c3ccccc3)nc3c(C)cccn3c2=O)SC1=S. The van der Waals surface area contributed by atoms with Crippen molar-refractivity contribution in [2.24, 2.45) is 0 Å². The van der Waals surface area contributed by atoms with Gasteiger partial charge in [0, 0.05) is 19.3 Å². The van der Waals surface area contributed by atoms with E-state index >= 15 is 0 Å². The number of anilines is 1. The van der Waals surface area contributed by atoms with Gasteiger partial charge in [0.1, 0.15) is 15.8 Å². The lowest BCUT2D eigenvalue weighted by molar-refractivity contribution is -0.122. The summed E-state index contributed by atoms with van der Waals surface area (Å²) in [6.07, 6.45) is 6.61. The van der Waals surface area contributed by atoms with E-state index in [1.807, 2.05) is 43.3 Å². The first-order chi connectivity index (χ1) is 17.4. The number of nitrogens with zero attached hydrogens (tertiary/aromatic N) is 3. The van der Waals surface area contributed by atoms with E-state index in [-0.39, 0.29) is 23.6 Å². The average Bonchev–Trinajstić information content (AvgIpc) is 3.15. The molecule has 36 heavy (non-hydrogen) atoms. The summed E-state index contributed by atoms with van der Waals surface area (Å²) in [6.45, 7) is 4.75. The molecule has 1 amide bonds. The van der Waals surface area contributed by atoms with Gasteiger partial charge in [-0.3, -0.25) is 18.9 Å². The van der Waals surface area contributed by atoms with Gasteiger partial charge in [-0.25, -0.2) is 4.98 Å². The van der Waals surface area contributed by atoms with Gasteiger partial charge in [-0.05, 0) is 36.6 Å². The molecule has 1 aliphatic rings. The Morgan fingerprint density at radius 2 is 1.92 bits per heavy atom. The van der Waals surface area contributed by atoms with Gasteiger partial charge in [-0.2, -0.15) is 0 Å². The molecular formula is C27H30N4O3S2. The lowest BCUT2D eigenvalue weighted by Crippen LogP contribution is -2.29. The second-order valence-electron chi connectivity index (χ2n) is 8.77. The van der Waals surface area contributed by atoms with Gasteiger partial charge in [0.15, 0.2) is 0 Å². The summed E-state index contributed by atoms with van der Waals surface area (Å²) >= 11 is 6.67. The highest BCUT2D eigenvalue weighted by atomic mass is 32.2. The number of carbonyl (C=O) groups is 1. The van der Waals surface area contributed by atoms with E-state index < -0.39 is 6.10 Å². The minimum Gasteiger partial charge on any atom is -0.387 e. The van der Waals surface area contributed by atoms with E-state index in [1.165, 1.54) is 16.2 Å². The summed E-state index contributed by atoms with van der Waals surface area (Å²) < 4.78 is 1.98. The van der Waals surface area contributed by atoms with Crippen LogP contribution in [0.1, 0.15) is 55.4 Å². The molecule has 3 heterocycles. The molecule has 0 saturated carbocycles. The number of aryl methyl sites for hydroxylation is 1. The largest absolute Gasteiger partial charge is 0.387 e. The number of aliphatic hydroxyl groups is 1. The Morgan fingerprint density at radius 1 is 1.14 bits per heavy atom. The van der Waals surface area contributed by atoms with Crippen LogP contribution in [0.4, 0.5) is 5.82 Å². The van der Waals surface area contributed by atoms with Crippen LogP contribution in [0.15, 0.2) is 58.4 Å². The molecular weight excluding hydrogens is 492 g/mol. The van der Waals surface area contributed by atoms with Crippen LogP contribution in [0, 0.1) is 6.92 Å². The summed E-state index contributed by atoms with van der Waals surface area (Å²) in [5.74, 6) is 0.128. The molecule has 0 radical (unpaired) electrons. The molecule has 1 aliphatic heterocycles. The van der Waals surface area contributed by atoms with Crippen molar-refractivity contribution in [1.82, 2.24) is 14.3 Å². The van der Waals surface area contributed by atoms with Crippen molar-refractivity contribution in [2.45, 2.75) is 45.6 Å². The van der Waals surface area contributed by atoms with Crippen LogP contribution in [0.3, 0.4) is 0 Å². The zero-order chi connectivity index (χ0) is 25.7. The molecule has 0 spiro atoms. The number of benzene rings is 1. The predicted molar refractivity (Wildman–Crippen MR) is 150 cm³/mol. The Balaban J connectivity index is 1.67. The van der Waals surface area contributed by atoms with Crippen molar-refractivity contribution < 1.29 is 9.90 Å². The minimum absolute atomic E-state index is 0.151. The molecule has 1 fully saturated rings. The van der Waals surface area contributed by atoms with E-state index in [2.05, 4.69) is 12.2 Å². The Hall–Kier alpha value is -3.01. The highest BCUT2D eigenvalue weighted by molar-refractivity contribution is 8.26. The highest BCUT2D eigenvalue weighted by Crippen LogP contribution is 2.33. The zero-order valence-electron chi connectivity index (χ0n) is 20.4. The second-order valence-corrected chi connectivity index (χ2v) is 10.4. The Morgan fingerprint density at radius 3 is 2.67 bits per heavy atom. The van der Waals surface area contributed by atoms with Crippen molar-refractivity contribution in [3.8, 4) is 0 Å². The lowest BCUT2D eigenvalue weighted by atomic mass is 10.1. The van der Waals surface area contributed by atoms with Gasteiger partial charge >= 0.3 is 0 Å². The summed E-state index contributed by atoms with van der Waals surface area (Å²) in [6, 6.07) is 13.0. The number of hydrogen-bond acceptors (Lipinski definition) is 7. The van der Waals surface area contributed by atoms with Gasteiger partial charge in [-0.1, -0.05) is 86.6 Å². The quantitative estimate of drug-likeness (QED) is 0.222. The normalized spacial score (nSPS) is 15.8. The maximum atomic E-state index is 13.5. The molecule has 3 aromatic rings. The van der Waals surface area contributed by atoms with Crippen LogP contribution < -0.4 is 10.9 Å². The third kappa shape index (κ3) is 5.69. The first-order valence-corrected chi connectivity index (χ1v) is 13.4. The Kier molecular flexibility index (Phi) is 8.56. The maximum Gasteiger partial charge on any atom is 0.267 e. The van der Waals surface area contributed by atoms with Crippen molar-refractivity contribution >= 4 is 51.7 Å². The van der Waals surface area contributed by atoms with E-state index in [1.54, 1.807) is 23.2 Å². The average molecular weight is 523 g/mol. The lowest BCUT2D eigenvalue weighted by Gasteiger charge is -2.16. The molecule has 1 unspecified atom stereocenters. The van der Waals surface area contributed by atoms with E-state index in [4.69, 9.17) is 17.2 Å². The number of thioether (sulfide) groups is 1. The first kappa shape index (κ1) is 26.1. The number of amides is 1. The highest BCUT2D eigenvalue weighted by Gasteiger charge is 2.32. The number of rotatable bonds is 10. The number of fused-ring (bicyclic) bond motifs is 1. The molecule has 2 aromatic heterocycles. The maximum absolute atomic E-state index is 13.5. The second kappa shape index (κ2) is 11.8. The van der Waals surface area contributed by atoms with Crippen LogP contribution in [-0.2, 0) is 4.79 Å².